The van der Waals surface area contributed by atoms with Gasteiger partial charge in [0.05, 0.1) is 11.3 Å². The Morgan fingerprint density at radius 1 is 1.00 bits per heavy atom. The van der Waals surface area contributed by atoms with Gasteiger partial charge in [-0.15, -0.1) is 0 Å². The molecule has 2 aromatic carbocycles. The predicted octanol–water partition coefficient (Wildman–Crippen LogP) is 5.93. The molecule has 134 valence electrons. The largest absolute Gasteiger partial charge is 0.465 e. The Labute approximate surface area is 153 Å². The highest BCUT2D eigenvalue weighted by Crippen LogP contribution is 2.31. The summed E-state index contributed by atoms with van der Waals surface area (Å²) in [6, 6.07) is 18.6. The minimum atomic E-state index is -0.217. The maximum atomic E-state index is 12.8. The molecule has 4 nitrogen and oxygen atoms in total. The molecule has 0 atom stereocenters. The van der Waals surface area contributed by atoms with Gasteiger partial charge >= 0.3 is 0 Å². The van der Waals surface area contributed by atoms with Crippen molar-refractivity contribution in [3.8, 4) is 11.5 Å². The third-order valence-corrected chi connectivity index (χ3v) is 4.01. The number of nitrogens with one attached hydrogen (secondary N) is 1. The molecule has 0 aliphatic carbocycles. The zero-order valence-electron chi connectivity index (χ0n) is 15.5. The van der Waals surface area contributed by atoms with Crippen molar-refractivity contribution in [2.75, 3.05) is 5.32 Å². The van der Waals surface area contributed by atoms with Crippen LogP contribution < -0.4 is 10.1 Å². The van der Waals surface area contributed by atoms with Gasteiger partial charge in [-0.2, -0.15) is 0 Å². The summed E-state index contributed by atoms with van der Waals surface area (Å²) in [7, 11) is 0. The minimum absolute atomic E-state index is 0.155. The van der Waals surface area contributed by atoms with E-state index in [1.807, 2.05) is 60.7 Å². The Balaban J connectivity index is 1.83. The summed E-state index contributed by atoms with van der Waals surface area (Å²) in [5.74, 6) is 2.47. The van der Waals surface area contributed by atoms with E-state index in [9.17, 15) is 4.79 Å². The fourth-order valence-electron chi connectivity index (χ4n) is 2.54. The molecule has 0 bridgehead atoms. The molecule has 26 heavy (non-hydrogen) atoms. The summed E-state index contributed by atoms with van der Waals surface area (Å²) >= 11 is 0. The van der Waals surface area contributed by atoms with E-state index >= 15 is 0 Å². The zero-order valence-corrected chi connectivity index (χ0v) is 15.5. The highest BCUT2D eigenvalue weighted by atomic mass is 16.5. The van der Waals surface area contributed by atoms with Crippen LogP contribution in [0, 0.1) is 6.92 Å². The van der Waals surface area contributed by atoms with Gasteiger partial charge < -0.3 is 14.5 Å². The third kappa shape index (κ3) is 3.97. The van der Waals surface area contributed by atoms with Crippen LogP contribution in [0.1, 0.15) is 42.6 Å². The molecule has 0 aliphatic rings. The molecule has 3 aromatic rings. The molecule has 0 saturated heterocycles. The predicted molar refractivity (Wildman–Crippen MR) is 103 cm³/mol. The summed E-state index contributed by atoms with van der Waals surface area (Å²) < 4.78 is 11.7. The fraction of sp³-hybridized carbons (Fsp3) is 0.227. The molecule has 0 spiro atoms. The van der Waals surface area contributed by atoms with Gasteiger partial charge in [-0.25, -0.2) is 0 Å². The van der Waals surface area contributed by atoms with Gasteiger partial charge in [-0.3, -0.25) is 4.79 Å². The Morgan fingerprint density at radius 3 is 2.31 bits per heavy atom. The van der Waals surface area contributed by atoms with Crippen molar-refractivity contribution in [1.82, 2.24) is 0 Å². The summed E-state index contributed by atoms with van der Waals surface area (Å²) in [5, 5.41) is 2.93. The second-order valence-corrected chi connectivity index (χ2v) is 7.20. The molecule has 0 saturated carbocycles. The Hall–Kier alpha value is -3.01. The molecule has 0 fully saturated rings. The Kier molecular flexibility index (Phi) is 4.85. The number of rotatable bonds is 4. The second kappa shape index (κ2) is 7.08. The molecule has 1 amide bonds. The van der Waals surface area contributed by atoms with Gasteiger partial charge in [-0.1, -0.05) is 51.1 Å². The number of para-hydroxylation sites is 3. The van der Waals surface area contributed by atoms with Crippen molar-refractivity contribution < 1.29 is 13.9 Å². The number of carbonyl (C=O) groups excluding carboxylic acids is 1. The van der Waals surface area contributed by atoms with Gasteiger partial charge in [0.2, 0.25) is 0 Å². The van der Waals surface area contributed by atoms with Crippen molar-refractivity contribution in [2.24, 2.45) is 0 Å². The lowest BCUT2D eigenvalue weighted by molar-refractivity contribution is 0.102. The van der Waals surface area contributed by atoms with Crippen LogP contribution in [0.4, 0.5) is 5.69 Å². The first kappa shape index (κ1) is 17.8. The smallest absolute Gasteiger partial charge is 0.259 e. The van der Waals surface area contributed by atoms with E-state index in [1.165, 1.54) is 0 Å². The maximum Gasteiger partial charge on any atom is 0.259 e. The molecule has 1 aromatic heterocycles. The van der Waals surface area contributed by atoms with Crippen LogP contribution in [0.3, 0.4) is 0 Å². The van der Waals surface area contributed by atoms with Crippen LogP contribution in [-0.4, -0.2) is 5.91 Å². The normalized spacial score (nSPS) is 11.2. The Bertz CT molecular complexity index is 905. The van der Waals surface area contributed by atoms with Gasteiger partial charge in [-0.05, 0) is 37.3 Å². The summed E-state index contributed by atoms with van der Waals surface area (Å²) in [5.41, 5.74) is 0.987. The van der Waals surface area contributed by atoms with Crippen molar-refractivity contribution >= 4 is 11.6 Å². The maximum absolute atomic E-state index is 12.8. The topological polar surface area (TPSA) is 51.5 Å². The third-order valence-electron chi connectivity index (χ3n) is 4.01. The number of ether oxygens (including phenoxy) is 1. The Morgan fingerprint density at radius 2 is 1.65 bits per heavy atom. The van der Waals surface area contributed by atoms with Crippen LogP contribution in [0.5, 0.6) is 11.5 Å². The number of amides is 1. The van der Waals surface area contributed by atoms with Crippen LogP contribution in [-0.2, 0) is 5.41 Å². The van der Waals surface area contributed by atoms with Crippen molar-refractivity contribution in [3.63, 3.8) is 0 Å². The summed E-state index contributed by atoms with van der Waals surface area (Å²) in [6.07, 6.45) is 0. The molecule has 1 N–H and O–H groups in total. The highest BCUT2D eigenvalue weighted by molar-refractivity contribution is 6.05. The SMILES string of the molecule is Cc1oc(C(C)(C)C)cc1C(=O)Nc1ccccc1Oc1ccccc1. The van der Waals surface area contributed by atoms with Crippen molar-refractivity contribution in [2.45, 2.75) is 33.1 Å². The molecule has 0 aliphatic heterocycles. The van der Waals surface area contributed by atoms with Crippen LogP contribution in [0.2, 0.25) is 0 Å². The van der Waals surface area contributed by atoms with E-state index in [4.69, 9.17) is 9.15 Å². The quantitative estimate of drug-likeness (QED) is 0.635. The monoisotopic (exact) mass is 349 g/mol. The number of carbonyl (C=O) groups is 1. The average Bonchev–Trinajstić information content (AvgIpc) is 3.00. The van der Waals surface area contributed by atoms with E-state index in [2.05, 4.69) is 26.1 Å². The minimum Gasteiger partial charge on any atom is -0.465 e. The first-order valence-corrected chi connectivity index (χ1v) is 8.59. The zero-order chi connectivity index (χ0) is 18.7. The highest BCUT2D eigenvalue weighted by Gasteiger charge is 2.23. The molecular weight excluding hydrogens is 326 g/mol. The van der Waals surface area contributed by atoms with Crippen molar-refractivity contribution in [1.29, 1.82) is 0 Å². The molecule has 1 heterocycles. The lowest BCUT2D eigenvalue weighted by Gasteiger charge is -2.13. The van der Waals surface area contributed by atoms with Gasteiger partial charge in [0, 0.05) is 5.41 Å². The van der Waals surface area contributed by atoms with Gasteiger partial charge in [0.1, 0.15) is 17.3 Å². The summed E-state index contributed by atoms with van der Waals surface area (Å²) in [6.45, 7) is 7.96. The molecule has 4 heteroatoms. The van der Waals surface area contributed by atoms with E-state index < -0.39 is 0 Å². The fourth-order valence-corrected chi connectivity index (χ4v) is 2.54. The number of furan rings is 1. The van der Waals surface area contributed by atoms with Crippen LogP contribution in [0.25, 0.3) is 0 Å². The summed E-state index contributed by atoms with van der Waals surface area (Å²) in [4.78, 5) is 12.8. The first-order chi connectivity index (χ1) is 12.3. The second-order valence-electron chi connectivity index (χ2n) is 7.20. The number of benzene rings is 2. The van der Waals surface area contributed by atoms with E-state index in [-0.39, 0.29) is 11.3 Å². The number of anilines is 1. The average molecular weight is 349 g/mol. The van der Waals surface area contributed by atoms with E-state index in [1.54, 1.807) is 6.92 Å². The first-order valence-electron chi connectivity index (χ1n) is 8.59. The molecule has 0 radical (unpaired) electrons. The van der Waals surface area contributed by atoms with Crippen LogP contribution in [0.15, 0.2) is 65.1 Å². The van der Waals surface area contributed by atoms with Crippen LogP contribution >= 0.6 is 0 Å². The number of aryl methyl sites for hydroxylation is 1. The van der Waals surface area contributed by atoms with Gasteiger partial charge in [0.15, 0.2) is 5.75 Å². The van der Waals surface area contributed by atoms with E-state index in [0.717, 1.165) is 5.76 Å². The van der Waals surface area contributed by atoms with Gasteiger partial charge in [0.25, 0.3) is 5.91 Å². The lowest BCUT2D eigenvalue weighted by Crippen LogP contribution is -2.13. The molecule has 3 rings (SSSR count). The standard InChI is InChI=1S/C22H23NO3/c1-15-17(14-20(25-15)22(2,3)4)21(24)23-18-12-8-9-13-19(18)26-16-10-6-5-7-11-16/h5-14H,1-4H3,(H,23,24). The molecule has 0 unspecified atom stereocenters. The lowest BCUT2D eigenvalue weighted by atomic mass is 9.93. The molecular formula is C22H23NO3. The van der Waals surface area contributed by atoms with E-state index in [0.29, 0.717) is 28.5 Å². The van der Waals surface area contributed by atoms with Crippen molar-refractivity contribution in [3.05, 3.63) is 77.7 Å². The number of hydrogen-bond donors (Lipinski definition) is 1. The number of hydrogen-bond acceptors (Lipinski definition) is 3.